The molecule has 2 aliphatic rings. The minimum Gasteiger partial charge on any atom is -0.377 e. The van der Waals surface area contributed by atoms with Crippen LogP contribution in [0.1, 0.15) is 37.8 Å². The lowest BCUT2D eigenvalue weighted by Crippen LogP contribution is -2.48. The molecule has 1 aromatic rings. The monoisotopic (exact) mass is 477 g/mol. The average Bonchev–Trinajstić information content (AvgIpc) is 3.38. The molecule has 9 heteroatoms. The van der Waals surface area contributed by atoms with Crippen LogP contribution < -0.4 is 10.6 Å². The quantitative estimate of drug-likeness (QED) is 0.331. The minimum absolute atomic E-state index is 0. The van der Waals surface area contributed by atoms with E-state index in [1.807, 2.05) is 11.7 Å². The fourth-order valence-corrected chi connectivity index (χ4v) is 3.41. The van der Waals surface area contributed by atoms with Crippen LogP contribution in [-0.4, -0.2) is 71.5 Å². The second-order valence-electron chi connectivity index (χ2n) is 6.80. The summed E-state index contributed by atoms with van der Waals surface area (Å²) in [7, 11) is 3.50. The van der Waals surface area contributed by atoms with Gasteiger partial charge in [0.15, 0.2) is 11.8 Å². The number of halogens is 1. The first-order chi connectivity index (χ1) is 12.2. The maximum absolute atomic E-state index is 5.12. The van der Waals surface area contributed by atoms with Gasteiger partial charge in [-0.25, -0.2) is 9.67 Å². The molecule has 0 radical (unpaired) electrons. The lowest BCUT2D eigenvalue weighted by molar-refractivity contribution is 0.177. The van der Waals surface area contributed by atoms with Crippen molar-refractivity contribution >= 4 is 29.9 Å². The van der Waals surface area contributed by atoms with Gasteiger partial charge >= 0.3 is 0 Å². The van der Waals surface area contributed by atoms with Gasteiger partial charge in [0.1, 0.15) is 12.4 Å². The van der Waals surface area contributed by atoms with Crippen molar-refractivity contribution in [2.24, 2.45) is 4.99 Å². The van der Waals surface area contributed by atoms with Crippen molar-refractivity contribution in [1.29, 1.82) is 0 Å². The van der Waals surface area contributed by atoms with Gasteiger partial charge < -0.3 is 15.4 Å². The van der Waals surface area contributed by atoms with E-state index < -0.39 is 0 Å². The summed E-state index contributed by atoms with van der Waals surface area (Å²) >= 11 is 0. The molecule has 0 aromatic carbocycles. The summed E-state index contributed by atoms with van der Waals surface area (Å²) in [4.78, 5) is 11.4. The third-order valence-electron chi connectivity index (χ3n) is 4.90. The van der Waals surface area contributed by atoms with Crippen LogP contribution in [0, 0.1) is 0 Å². The number of fused-ring (bicyclic) bond motifs is 1. The molecule has 2 heterocycles. The van der Waals surface area contributed by atoms with Crippen LogP contribution in [0.4, 0.5) is 0 Å². The van der Waals surface area contributed by atoms with Crippen LogP contribution in [0.25, 0.3) is 0 Å². The second-order valence-corrected chi connectivity index (χ2v) is 6.80. The number of likely N-dealkylation sites (N-methyl/N-ethyl adjacent to an activating group) is 1. The highest BCUT2D eigenvalue weighted by Crippen LogP contribution is 2.25. The number of aryl methyl sites for hydroxylation is 1. The van der Waals surface area contributed by atoms with Gasteiger partial charge in [0.05, 0.1) is 6.54 Å². The zero-order valence-electron chi connectivity index (χ0n) is 16.1. The molecule has 0 amide bonds. The summed E-state index contributed by atoms with van der Waals surface area (Å²) in [5.74, 6) is 2.69. The van der Waals surface area contributed by atoms with Crippen LogP contribution in [0.3, 0.4) is 0 Å². The number of hydrogen-bond acceptors (Lipinski definition) is 5. The molecule has 0 saturated heterocycles. The van der Waals surface area contributed by atoms with Crippen LogP contribution >= 0.6 is 24.0 Å². The van der Waals surface area contributed by atoms with E-state index in [0.29, 0.717) is 12.6 Å². The molecule has 1 unspecified atom stereocenters. The van der Waals surface area contributed by atoms with Gasteiger partial charge in [0.25, 0.3) is 0 Å². The third kappa shape index (κ3) is 5.78. The molecule has 3 rings (SSSR count). The molecular formula is C17H32IN7O. The molecule has 1 saturated carbocycles. The van der Waals surface area contributed by atoms with Gasteiger partial charge in [-0.3, -0.25) is 9.89 Å². The fraction of sp³-hybridized carbons (Fsp3) is 0.824. The topological polar surface area (TPSA) is 79.6 Å². The predicted molar refractivity (Wildman–Crippen MR) is 113 cm³/mol. The summed E-state index contributed by atoms with van der Waals surface area (Å²) in [6.45, 7) is 6.64. The van der Waals surface area contributed by atoms with E-state index in [-0.39, 0.29) is 24.0 Å². The van der Waals surface area contributed by atoms with Gasteiger partial charge in [-0.2, -0.15) is 5.10 Å². The number of aliphatic imine (C=N–C) groups is 1. The van der Waals surface area contributed by atoms with Crippen LogP contribution in [0.2, 0.25) is 0 Å². The first-order valence-electron chi connectivity index (χ1n) is 9.36. The summed E-state index contributed by atoms with van der Waals surface area (Å²) < 4.78 is 7.12. The molecule has 1 aromatic heterocycles. The summed E-state index contributed by atoms with van der Waals surface area (Å²) in [5.41, 5.74) is 0. The molecule has 8 nitrogen and oxygen atoms in total. The number of nitrogens with zero attached hydrogens (tertiary/aromatic N) is 5. The summed E-state index contributed by atoms with van der Waals surface area (Å²) in [6, 6.07) is 1.13. The normalized spacial score (nSPS) is 19.8. The Hall–Kier alpha value is -0.940. The van der Waals surface area contributed by atoms with Crippen LogP contribution in [0.5, 0.6) is 0 Å². The van der Waals surface area contributed by atoms with E-state index in [4.69, 9.17) is 4.74 Å². The number of aromatic nitrogens is 3. The van der Waals surface area contributed by atoms with Crippen molar-refractivity contribution in [1.82, 2.24) is 30.3 Å². The fourth-order valence-electron chi connectivity index (χ4n) is 3.41. The first kappa shape index (κ1) is 21.4. The summed E-state index contributed by atoms with van der Waals surface area (Å²) in [5, 5.41) is 11.5. The molecule has 1 fully saturated rings. The zero-order valence-corrected chi connectivity index (χ0v) is 18.4. The molecule has 0 bridgehead atoms. The molecule has 1 atom stereocenters. The van der Waals surface area contributed by atoms with Crippen LogP contribution in [0.15, 0.2) is 4.99 Å². The molecule has 26 heavy (non-hydrogen) atoms. The van der Waals surface area contributed by atoms with E-state index in [9.17, 15) is 0 Å². The SMILES string of the molecule is CCN(CCNC(=NC)NC1CCc2nc(COC)nn2C1)C1CC1.I. The van der Waals surface area contributed by atoms with E-state index >= 15 is 0 Å². The van der Waals surface area contributed by atoms with E-state index in [1.54, 1.807) is 7.11 Å². The molecule has 1 aliphatic heterocycles. The minimum atomic E-state index is 0. The zero-order chi connectivity index (χ0) is 17.6. The average molecular weight is 477 g/mol. The number of methoxy groups -OCH3 is 1. The molecule has 1 aliphatic carbocycles. The Morgan fingerprint density at radius 2 is 2.19 bits per heavy atom. The maximum atomic E-state index is 5.12. The van der Waals surface area contributed by atoms with Crippen molar-refractivity contribution < 1.29 is 4.74 Å². The van der Waals surface area contributed by atoms with Crippen molar-refractivity contribution in [2.75, 3.05) is 33.8 Å². The number of hydrogen-bond donors (Lipinski definition) is 2. The molecule has 2 N–H and O–H groups in total. The maximum Gasteiger partial charge on any atom is 0.191 e. The third-order valence-corrected chi connectivity index (χ3v) is 4.90. The number of nitrogens with one attached hydrogen (secondary N) is 2. The molecular weight excluding hydrogens is 445 g/mol. The van der Waals surface area contributed by atoms with E-state index in [2.05, 4.69) is 37.5 Å². The Morgan fingerprint density at radius 3 is 2.85 bits per heavy atom. The highest BCUT2D eigenvalue weighted by atomic mass is 127. The Morgan fingerprint density at radius 1 is 1.38 bits per heavy atom. The number of rotatable bonds is 8. The Balaban J connectivity index is 0.00000243. The van der Waals surface area contributed by atoms with E-state index in [1.165, 1.54) is 12.8 Å². The second kappa shape index (κ2) is 10.4. The van der Waals surface area contributed by atoms with E-state index in [0.717, 1.165) is 62.7 Å². The van der Waals surface area contributed by atoms with Gasteiger partial charge in [0, 0.05) is 45.8 Å². The number of ether oxygens (including phenoxy) is 1. The summed E-state index contributed by atoms with van der Waals surface area (Å²) in [6.07, 6.45) is 4.67. The van der Waals surface area contributed by atoms with Crippen molar-refractivity contribution in [3.8, 4) is 0 Å². The Kier molecular flexibility index (Phi) is 8.55. The van der Waals surface area contributed by atoms with Gasteiger partial charge in [0.2, 0.25) is 0 Å². The lowest BCUT2D eigenvalue weighted by Gasteiger charge is -2.26. The largest absolute Gasteiger partial charge is 0.377 e. The van der Waals surface area contributed by atoms with Crippen molar-refractivity contribution in [3.05, 3.63) is 11.6 Å². The number of guanidine groups is 1. The highest BCUT2D eigenvalue weighted by Gasteiger charge is 2.27. The first-order valence-corrected chi connectivity index (χ1v) is 9.36. The molecule has 0 spiro atoms. The van der Waals surface area contributed by atoms with Gasteiger partial charge in [-0.05, 0) is 25.8 Å². The Bertz CT molecular complexity index is 588. The smallest absolute Gasteiger partial charge is 0.191 e. The van der Waals surface area contributed by atoms with Crippen molar-refractivity contribution in [3.63, 3.8) is 0 Å². The van der Waals surface area contributed by atoms with Gasteiger partial charge in [-0.1, -0.05) is 6.92 Å². The van der Waals surface area contributed by atoms with Crippen LogP contribution in [-0.2, 0) is 24.3 Å². The van der Waals surface area contributed by atoms with Gasteiger partial charge in [-0.15, -0.1) is 24.0 Å². The molecule has 148 valence electrons. The van der Waals surface area contributed by atoms with Crippen molar-refractivity contribution in [2.45, 2.75) is 57.8 Å². The highest BCUT2D eigenvalue weighted by molar-refractivity contribution is 14.0. The lowest BCUT2D eigenvalue weighted by atomic mass is 10.1. The predicted octanol–water partition coefficient (Wildman–Crippen LogP) is 1.01. The standard InChI is InChI=1S/C17H31N7O.HI/c1-4-23(14-6-7-14)10-9-19-17(18-2)20-13-5-8-16-21-15(12-25-3)22-24(16)11-13;/h13-14H,4-12H2,1-3H3,(H2,18,19,20);1H. The Labute approximate surface area is 173 Å².